The highest BCUT2D eigenvalue weighted by atomic mass is 16.2. The maximum absolute atomic E-state index is 13.4. The van der Waals surface area contributed by atoms with E-state index >= 15 is 0 Å². The number of rotatable bonds is 4. The molecule has 3 heteroatoms. The van der Waals surface area contributed by atoms with Crippen LogP contribution in [0, 0.1) is 0 Å². The van der Waals surface area contributed by atoms with Crippen molar-refractivity contribution in [2.45, 2.75) is 13.8 Å². The monoisotopic (exact) mass is 355 g/mol. The van der Waals surface area contributed by atoms with Gasteiger partial charge in [0, 0.05) is 24.2 Å². The van der Waals surface area contributed by atoms with Gasteiger partial charge in [0.15, 0.2) is 5.78 Å². The van der Waals surface area contributed by atoms with Crippen LogP contribution in [0.1, 0.15) is 40.1 Å². The van der Waals surface area contributed by atoms with Gasteiger partial charge in [0.05, 0.1) is 5.56 Å². The van der Waals surface area contributed by atoms with Crippen LogP contribution in [0.25, 0.3) is 22.3 Å². The molecule has 4 rings (SSSR count). The van der Waals surface area contributed by atoms with E-state index in [1.54, 1.807) is 4.90 Å². The van der Waals surface area contributed by atoms with E-state index < -0.39 is 0 Å². The lowest BCUT2D eigenvalue weighted by molar-refractivity contribution is 0.0769. The molecule has 27 heavy (non-hydrogen) atoms. The van der Waals surface area contributed by atoms with Gasteiger partial charge in [-0.2, -0.15) is 0 Å². The van der Waals surface area contributed by atoms with Gasteiger partial charge in [0.25, 0.3) is 5.91 Å². The molecule has 0 saturated carbocycles. The molecule has 1 aliphatic rings. The molecule has 0 heterocycles. The molecule has 0 bridgehead atoms. The predicted molar refractivity (Wildman–Crippen MR) is 108 cm³/mol. The molecule has 1 aliphatic carbocycles. The summed E-state index contributed by atoms with van der Waals surface area (Å²) in [6.45, 7) is 5.13. The molecule has 3 aromatic rings. The number of ketones is 1. The number of fused-ring (bicyclic) bond motifs is 3. The third-order valence-corrected chi connectivity index (χ3v) is 5.24. The fourth-order valence-corrected chi connectivity index (χ4v) is 3.86. The van der Waals surface area contributed by atoms with Gasteiger partial charge in [-0.05, 0) is 36.1 Å². The Hall–Kier alpha value is -3.20. The van der Waals surface area contributed by atoms with Gasteiger partial charge >= 0.3 is 0 Å². The second-order valence-electron chi connectivity index (χ2n) is 6.63. The summed E-state index contributed by atoms with van der Waals surface area (Å²) in [6.07, 6.45) is 0. The molecule has 0 aromatic heterocycles. The molecule has 134 valence electrons. The molecule has 0 saturated heterocycles. The number of carbonyl (C=O) groups is 2. The number of hydrogen-bond donors (Lipinski definition) is 0. The summed E-state index contributed by atoms with van der Waals surface area (Å²) < 4.78 is 0. The van der Waals surface area contributed by atoms with Crippen LogP contribution < -0.4 is 0 Å². The van der Waals surface area contributed by atoms with Gasteiger partial charge in [-0.3, -0.25) is 9.59 Å². The van der Waals surface area contributed by atoms with E-state index in [0.717, 1.165) is 22.3 Å². The summed E-state index contributed by atoms with van der Waals surface area (Å²) in [5.74, 6) is -0.147. The second-order valence-corrected chi connectivity index (χ2v) is 6.63. The normalized spacial score (nSPS) is 11.9. The number of carbonyl (C=O) groups excluding carboxylic acids is 2. The molecule has 0 spiro atoms. The first-order chi connectivity index (χ1) is 13.2. The zero-order valence-electron chi connectivity index (χ0n) is 15.5. The van der Waals surface area contributed by atoms with Crippen LogP contribution in [0.5, 0.6) is 0 Å². The number of hydrogen-bond acceptors (Lipinski definition) is 2. The largest absolute Gasteiger partial charge is 0.339 e. The van der Waals surface area contributed by atoms with Gasteiger partial charge in [-0.15, -0.1) is 0 Å². The Bertz CT molecular complexity index is 1030. The molecule has 0 atom stereocenters. The highest BCUT2D eigenvalue weighted by Gasteiger charge is 2.34. The van der Waals surface area contributed by atoms with E-state index in [4.69, 9.17) is 0 Å². The number of amides is 1. The van der Waals surface area contributed by atoms with Crippen molar-refractivity contribution in [3.8, 4) is 22.3 Å². The highest BCUT2D eigenvalue weighted by Crippen LogP contribution is 2.42. The van der Waals surface area contributed by atoms with Crippen molar-refractivity contribution >= 4 is 11.7 Å². The smallest absolute Gasteiger partial charge is 0.255 e. The minimum absolute atomic E-state index is 0.0612. The lowest BCUT2D eigenvalue weighted by Gasteiger charge is -2.22. The van der Waals surface area contributed by atoms with Crippen LogP contribution in [0.3, 0.4) is 0 Å². The van der Waals surface area contributed by atoms with E-state index in [9.17, 15) is 9.59 Å². The van der Waals surface area contributed by atoms with Crippen molar-refractivity contribution in [3.05, 3.63) is 83.4 Å². The van der Waals surface area contributed by atoms with E-state index in [2.05, 4.69) is 0 Å². The average molecular weight is 355 g/mol. The maximum Gasteiger partial charge on any atom is 0.255 e. The van der Waals surface area contributed by atoms with Crippen LogP contribution >= 0.6 is 0 Å². The van der Waals surface area contributed by atoms with Crippen LogP contribution in [-0.2, 0) is 0 Å². The van der Waals surface area contributed by atoms with E-state index in [-0.39, 0.29) is 11.7 Å². The topological polar surface area (TPSA) is 37.4 Å². The van der Waals surface area contributed by atoms with Gasteiger partial charge in [0.1, 0.15) is 0 Å². The summed E-state index contributed by atoms with van der Waals surface area (Å²) in [5.41, 5.74) is 5.24. The molecule has 0 fully saturated rings. The van der Waals surface area contributed by atoms with Gasteiger partial charge in [-0.25, -0.2) is 0 Å². The summed E-state index contributed by atoms with van der Waals surface area (Å²) in [4.78, 5) is 28.4. The molecule has 0 aliphatic heterocycles. The molecule has 0 N–H and O–H groups in total. The SMILES string of the molecule is CCN(CC)C(=O)c1c(-c2ccccc2)ccc2c1C(=O)c1ccccc1-2. The summed E-state index contributed by atoms with van der Waals surface area (Å²) in [5, 5.41) is 0. The predicted octanol–water partition coefficient (Wildman–Crippen LogP) is 5.05. The Morgan fingerprint density at radius 1 is 0.741 bits per heavy atom. The minimum Gasteiger partial charge on any atom is -0.339 e. The second kappa shape index (κ2) is 6.84. The molecule has 0 radical (unpaired) electrons. The first-order valence-electron chi connectivity index (χ1n) is 9.33. The highest BCUT2D eigenvalue weighted by molar-refractivity contribution is 6.27. The summed E-state index contributed by atoms with van der Waals surface area (Å²) in [7, 11) is 0. The van der Waals surface area contributed by atoms with Crippen molar-refractivity contribution in [3.63, 3.8) is 0 Å². The van der Waals surface area contributed by atoms with E-state index in [1.807, 2.05) is 80.6 Å². The standard InChI is InChI=1S/C24H21NO2/c1-3-25(4-2)24(27)22-17(16-10-6-5-7-11-16)14-15-19-18-12-8-9-13-20(18)23(26)21(19)22/h5-15H,3-4H2,1-2H3. The van der Waals surface area contributed by atoms with E-state index in [0.29, 0.717) is 29.8 Å². The van der Waals surface area contributed by atoms with Crippen LogP contribution in [0.2, 0.25) is 0 Å². The minimum atomic E-state index is -0.0862. The van der Waals surface area contributed by atoms with Crippen molar-refractivity contribution in [2.75, 3.05) is 13.1 Å². The third kappa shape index (κ3) is 2.67. The first kappa shape index (κ1) is 17.2. The third-order valence-electron chi connectivity index (χ3n) is 5.24. The fraction of sp³-hybridized carbons (Fsp3) is 0.167. The Morgan fingerprint density at radius 2 is 1.33 bits per heavy atom. The number of nitrogens with zero attached hydrogens (tertiary/aromatic N) is 1. The van der Waals surface area contributed by atoms with Crippen LogP contribution in [0.15, 0.2) is 66.7 Å². The van der Waals surface area contributed by atoms with Crippen LogP contribution in [-0.4, -0.2) is 29.7 Å². The van der Waals surface area contributed by atoms with E-state index in [1.165, 1.54) is 0 Å². The average Bonchev–Trinajstić information content (AvgIpc) is 3.01. The number of benzene rings is 3. The molecule has 0 unspecified atom stereocenters. The zero-order chi connectivity index (χ0) is 19.0. The lowest BCUT2D eigenvalue weighted by Crippen LogP contribution is -2.32. The lowest BCUT2D eigenvalue weighted by atomic mass is 9.91. The first-order valence-corrected chi connectivity index (χ1v) is 9.33. The maximum atomic E-state index is 13.4. The van der Waals surface area contributed by atoms with Crippen molar-refractivity contribution < 1.29 is 9.59 Å². The van der Waals surface area contributed by atoms with Crippen LogP contribution in [0.4, 0.5) is 0 Å². The molecule has 1 amide bonds. The van der Waals surface area contributed by atoms with Gasteiger partial charge in [-0.1, -0.05) is 66.7 Å². The summed E-state index contributed by atoms with van der Waals surface area (Å²) >= 11 is 0. The van der Waals surface area contributed by atoms with Gasteiger partial charge < -0.3 is 4.90 Å². The Morgan fingerprint density at radius 3 is 2.00 bits per heavy atom. The molecule has 3 aromatic carbocycles. The Balaban J connectivity index is 2.02. The van der Waals surface area contributed by atoms with Crippen molar-refractivity contribution in [2.24, 2.45) is 0 Å². The van der Waals surface area contributed by atoms with Gasteiger partial charge in [0.2, 0.25) is 0 Å². The molecular formula is C24H21NO2. The summed E-state index contributed by atoms with van der Waals surface area (Å²) in [6, 6.07) is 21.3. The molecular weight excluding hydrogens is 334 g/mol. The fourth-order valence-electron chi connectivity index (χ4n) is 3.86. The quantitative estimate of drug-likeness (QED) is 0.514. The van der Waals surface area contributed by atoms with Crippen molar-refractivity contribution in [1.29, 1.82) is 0 Å². The Labute approximate surface area is 159 Å². The molecule has 3 nitrogen and oxygen atoms in total. The zero-order valence-corrected chi connectivity index (χ0v) is 15.5. The van der Waals surface area contributed by atoms with Crippen molar-refractivity contribution in [1.82, 2.24) is 4.90 Å². The Kier molecular flexibility index (Phi) is 4.36.